The lowest BCUT2D eigenvalue weighted by Crippen LogP contribution is -2.16. The number of ether oxygens (including phenoxy) is 3. The molecule has 0 amide bonds. The number of carbonyl (C=O) groups is 2. The van der Waals surface area contributed by atoms with Gasteiger partial charge in [-0.05, 0) is 75.6 Å². The van der Waals surface area contributed by atoms with Gasteiger partial charge in [-0.3, -0.25) is 4.79 Å². The third kappa shape index (κ3) is 5.09. The lowest BCUT2D eigenvalue weighted by Gasteiger charge is -2.14. The first-order valence-corrected chi connectivity index (χ1v) is 8.85. The van der Waals surface area contributed by atoms with Gasteiger partial charge in [0.05, 0.1) is 18.8 Å². The quantitative estimate of drug-likeness (QED) is 0.532. The number of ketones is 1. The molecule has 144 valence electrons. The zero-order valence-electron chi connectivity index (χ0n) is 16.7. The molecule has 0 unspecified atom stereocenters. The summed E-state index contributed by atoms with van der Waals surface area (Å²) >= 11 is 0. The minimum Gasteiger partial charge on any atom is -0.493 e. The van der Waals surface area contributed by atoms with E-state index < -0.39 is 5.97 Å². The van der Waals surface area contributed by atoms with Crippen molar-refractivity contribution < 1.29 is 23.8 Å². The van der Waals surface area contributed by atoms with Gasteiger partial charge in [-0.25, -0.2) is 4.79 Å². The third-order valence-electron chi connectivity index (χ3n) is 4.24. The van der Waals surface area contributed by atoms with E-state index in [0.29, 0.717) is 22.6 Å². The van der Waals surface area contributed by atoms with E-state index in [1.807, 2.05) is 46.8 Å². The Morgan fingerprint density at radius 1 is 0.926 bits per heavy atom. The second-order valence-electron chi connectivity index (χ2n) is 6.78. The molecule has 2 aromatic rings. The van der Waals surface area contributed by atoms with E-state index in [-0.39, 0.29) is 18.5 Å². The van der Waals surface area contributed by atoms with E-state index >= 15 is 0 Å². The van der Waals surface area contributed by atoms with Gasteiger partial charge in [0.1, 0.15) is 0 Å². The molecule has 0 saturated carbocycles. The van der Waals surface area contributed by atoms with Crippen LogP contribution >= 0.6 is 0 Å². The average molecular weight is 370 g/mol. The molecular weight excluding hydrogens is 344 g/mol. The molecule has 0 spiro atoms. The third-order valence-corrected chi connectivity index (χ3v) is 4.24. The molecule has 0 aliphatic carbocycles. The van der Waals surface area contributed by atoms with Gasteiger partial charge in [0, 0.05) is 5.56 Å². The molecule has 27 heavy (non-hydrogen) atoms. The molecule has 0 aliphatic rings. The van der Waals surface area contributed by atoms with E-state index in [4.69, 9.17) is 14.2 Å². The topological polar surface area (TPSA) is 61.8 Å². The maximum absolute atomic E-state index is 12.4. The Bertz CT molecular complexity index is 852. The van der Waals surface area contributed by atoms with E-state index in [1.54, 1.807) is 18.2 Å². The molecule has 0 aromatic heterocycles. The summed E-state index contributed by atoms with van der Waals surface area (Å²) in [6.07, 6.45) is -0.0180. The van der Waals surface area contributed by atoms with Crippen LogP contribution in [0.3, 0.4) is 0 Å². The predicted octanol–water partition coefficient (Wildman–Crippen LogP) is 4.45. The van der Waals surface area contributed by atoms with Crippen molar-refractivity contribution in [1.82, 2.24) is 0 Å². The highest BCUT2D eigenvalue weighted by Gasteiger charge is 2.16. The summed E-state index contributed by atoms with van der Waals surface area (Å²) in [5.74, 6) is 0.176. The van der Waals surface area contributed by atoms with Crippen LogP contribution in [0.15, 0.2) is 30.3 Å². The average Bonchev–Trinajstić information content (AvgIpc) is 2.62. The standard InChI is InChI=1S/C22H26O5/c1-13(2)27-20-8-7-17(11-21(20)25-6)22(24)26-12-19(23)18-10-15(4)14(3)9-16(18)5/h7-11,13H,12H2,1-6H3. The zero-order chi connectivity index (χ0) is 20.1. The molecule has 0 saturated heterocycles. The first-order valence-electron chi connectivity index (χ1n) is 8.85. The Balaban J connectivity index is 2.09. The smallest absolute Gasteiger partial charge is 0.338 e. The van der Waals surface area contributed by atoms with Crippen molar-refractivity contribution in [3.8, 4) is 11.5 Å². The highest BCUT2D eigenvalue weighted by atomic mass is 16.5. The van der Waals surface area contributed by atoms with Crippen LogP contribution in [0.2, 0.25) is 0 Å². The molecule has 0 aliphatic heterocycles. The van der Waals surface area contributed by atoms with Crippen LogP contribution in [0.5, 0.6) is 11.5 Å². The van der Waals surface area contributed by atoms with Crippen molar-refractivity contribution >= 4 is 11.8 Å². The van der Waals surface area contributed by atoms with Crippen LogP contribution < -0.4 is 9.47 Å². The fourth-order valence-electron chi connectivity index (χ4n) is 2.70. The molecule has 0 fully saturated rings. The maximum Gasteiger partial charge on any atom is 0.338 e. The fraction of sp³-hybridized carbons (Fsp3) is 0.364. The SMILES string of the molecule is COc1cc(C(=O)OCC(=O)c2cc(C)c(C)cc2C)ccc1OC(C)C. The van der Waals surface area contributed by atoms with Crippen molar-refractivity contribution in [3.05, 3.63) is 58.1 Å². The maximum atomic E-state index is 12.4. The molecule has 2 aromatic carbocycles. The molecule has 2 rings (SSSR count). The van der Waals surface area contributed by atoms with E-state index in [1.165, 1.54) is 7.11 Å². The summed E-state index contributed by atoms with van der Waals surface area (Å²) in [7, 11) is 1.50. The first-order chi connectivity index (χ1) is 12.7. The van der Waals surface area contributed by atoms with Gasteiger partial charge in [-0.15, -0.1) is 0 Å². The van der Waals surface area contributed by atoms with Gasteiger partial charge in [-0.1, -0.05) is 6.07 Å². The Hall–Kier alpha value is -2.82. The molecule has 0 heterocycles. The normalized spacial score (nSPS) is 10.6. The lowest BCUT2D eigenvalue weighted by molar-refractivity contribution is 0.0474. The summed E-state index contributed by atoms with van der Waals surface area (Å²) in [6, 6.07) is 8.59. The van der Waals surface area contributed by atoms with Gasteiger partial charge < -0.3 is 14.2 Å². The van der Waals surface area contributed by atoms with Gasteiger partial charge in [0.2, 0.25) is 5.78 Å². The highest BCUT2D eigenvalue weighted by Crippen LogP contribution is 2.29. The summed E-state index contributed by atoms with van der Waals surface area (Å²) in [5.41, 5.74) is 3.89. The molecule has 0 atom stereocenters. The Labute approximate surface area is 160 Å². The van der Waals surface area contributed by atoms with E-state index in [0.717, 1.165) is 16.7 Å². The fourth-order valence-corrected chi connectivity index (χ4v) is 2.70. The number of esters is 1. The molecule has 5 nitrogen and oxygen atoms in total. The largest absolute Gasteiger partial charge is 0.493 e. The van der Waals surface area contributed by atoms with Gasteiger partial charge in [-0.2, -0.15) is 0 Å². The van der Waals surface area contributed by atoms with Crippen molar-refractivity contribution in [2.75, 3.05) is 13.7 Å². The molecule has 0 radical (unpaired) electrons. The van der Waals surface area contributed by atoms with Gasteiger partial charge in [0.25, 0.3) is 0 Å². The van der Waals surface area contributed by atoms with Crippen LogP contribution in [0.1, 0.15) is 51.3 Å². The second-order valence-corrected chi connectivity index (χ2v) is 6.78. The van der Waals surface area contributed by atoms with E-state index in [9.17, 15) is 9.59 Å². The minimum absolute atomic E-state index is 0.0180. The Kier molecular flexibility index (Phi) is 6.61. The molecule has 0 bridgehead atoms. The molecule has 5 heteroatoms. The van der Waals surface area contributed by atoms with Crippen LogP contribution in [0.25, 0.3) is 0 Å². The molecule has 0 N–H and O–H groups in total. The summed E-state index contributed by atoms with van der Waals surface area (Å²) in [4.78, 5) is 24.8. The summed E-state index contributed by atoms with van der Waals surface area (Å²) in [6.45, 7) is 9.32. The summed E-state index contributed by atoms with van der Waals surface area (Å²) in [5, 5.41) is 0. The number of methoxy groups -OCH3 is 1. The second kappa shape index (κ2) is 8.71. The van der Waals surface area contributed by atoms with Crippen LogP contribution in [-0.4, -0.2) is 31.6 Å². The predicted molar refractivity (Wildman–Crippen MR) is 104 cm³/mol. The Morgan fingerprint density at radius 3 is 2.22 bits per heavy atom. The van der Waals surface area contributed by atoms with Crippen molar-refractivity contribution in [1.29, 1.82) is 0 Å². The molecular formula is C22H26O5. The minimum atomic E-state index is -0.584. The van der Waals surface area contributed by atoms with Crippen LogP contribution in [-0.2, 0) is 4.74 Å². The number of carbonyl (C=O) groups excluding carboxylic acids is 2. The first kappa shape index (κ1) is 20.5. The Morgan fingerprint density at radius 2 is 1.59 bits per heavy atom. The van der Waals surface area contributed by atoms with Gasteiger partial charge in [0.15, 0.2) is 18.1 Å². The lowest BCUT2D eigenvalue weighted by atomic mass is 9.98. The monoisotopic (exact) mass is 370 g/mol. The van der Waals surface area contributed by atoms with Gasteiger partial charge >= 0.3 is 5.97 Å². The number of Topliss-reactive ketones (excluding diaryl/α,β-unsaturated/α-hetero) is 1. The van der Waals surface area contributed by atoms with Crippen LogP contribution in [0, 0.1) is 20.8 Å². The number of aryl methyl sites for hydroxylation is 3. The zero-order valence-corrected chi connectivity index (χ0v) is 16.7. The number of hydrogen-bond donors (Lipinski definition) is 0. The van der Waals surface area contributed by atoms with Crippen molar-refractivity contribution in [2.45, 2.75) is 40.7 Å². The number of rotatable bonds is 7. The van der Waals surface area contributed by atoms with E-state index in [2.05, 4.69) is 0 Å². The van der Waals surface area contributed by atoms with Crippen molar-refractivity contribution in [3.63, 3.8) is 0 Å². The summed E-state index contributed by atoms with van der Waals surface area (Å²) < 4.78 is 16.1. The van der Waals surface area contributed by atoms with Crippen LogP contribution in [0.4, 0.5) is 0 Å². The highest BCUT2D eigenvalue weighted by molar-refractivity contribution is 6.00. The number of benzene rings is 2. The van der Waals surface area contributed by atoms with Crippen molar-refractivity contribution in [2.24, 2.45) is 0 Å². The number of hydrogen-bond acceptors (Lipinski definition) is 5.